The summed E-state index contributed by atoms with van der Waals surface area (Å²) in [7, 11) is 5.29. The number of hydrogen-bond donors (Lipinski definition) is 2. The molecule has 0 bridgehead atoms. The number of aliphatic hydroxyl groups excluding tert-OH is 1. The maximum Gasteiger partial charge on any atom is 0.295 e. The van der Waals surface area contributed by atoms with Gasteiger partial charge in [-0.15, -0.1) is 0 Å². The Kier molecular flexibility index (Phi) is 6.30. The summed E-state index contributed by atoms with van der Waals surface area (Å²) < 4.78 is 6.95. The Balaban J connectivity index is 1.90. The number of aliphatic hydroxyl groups is 1. The fraction of sp³-hybridized carbons (Fsp3) is 0.320. The van der Waals surface area contributed by atoms with E-state index in [1.807, 2.05) is 25.1 Å². The highest BCUT2D eigenvalue weighted by Crippen LogP contribution is 2.42. The third-order valence-corrected chi connectivity index (χ3v) is 5.99. The molecule has 0 saturated carbocycles. The van der Waals surface area contributed by atoms with E-state index in [1.54, 1.807) is 41.8 Å². The summed E-state index contributed by atoms with van der Waals surface area (Å²) in [5.41, 5.74) is 2.04. The second-order valence-electron chi connectivity index (χ2n) is 8.56. The summed E-state index contributed by atoms with van der Waals surface area (Å²) in [5, 5.41) is 21.5. The molecular formula is C25H28N4O5. The van der Waals surface area contributed by atoms with Gasteiger partial charge in [0.05, 0.1) is 24.4 Å². The summed E-state index contributed by atoms with van der Waals surface area (Å²) in [6.45, 7) is 2.79. The number of Topliss-reactive ketones (excluding diaryl/α,β-unsaturated/α-hetero) is 1. The van der Waals surface area contributed by atoms with Gasteiger partial charge in [0.1, 0.15) is 11.3 Å². The molecule has 4 rings (SSSR count). The lowest BCUT2D eigenvalue weighted by atomic mass is 9.95. The Labute approximate surface area is 197 Å². The van der Waals surface area contributed by atoms with Gasteiger partial charge in [0.2, 0.25) is 0 Å². The van der Waals surface area contributed by atoms with Crippen molar-refractivity contribution in [2.75, 3.05) is 34.3 Å². The molecule has 178 valence electrons. The number of imidazole rings is 1. The number of methoxy groups -OCH3 is 1. The molecular weight excluding hydrogens is 436 g/mol. The first-order valence-electron chi connectivity index (χ1n) is 11.0. The Morgan fingerprint density at radius 1 is 1.21 bits per heavy atom. The minimum absolute atomic E-state index is 0.0173. The topological polar surface area (TPSA) is 108 Å². The van der Waals surface area contributed by atoms with E-state index in [0.717, 1.165) is 6.54 Å². The highest BCUT2D eigenvalue weighted by molar-refractivity contribution is 6.46. The van der Waals surface area contributed by atoms with Crippen molar-refractivity contribution in [3.8, 4) is 11.5 Å². The van der Waals surface area contributed by atoms with Crippen molar-refractivity contribution in [1.29, 1.82) is 0 Å². The van der Waals surface area contributed by atoms with E-state index in [2.05, 4.69) is 4.98 Å². The lowest BCUT2D eigenvalue weighted by molar-refractivity contribution is -0.139. The van der Waals surface area contributed by atoms with E-state index >= 15 is 0 Å². The Hall–Kier alpha value is -3.85. The lowest BCUT2D eigenvalue weighted by Crippen LogP contribution is -2.32. The summed E-state index contributed by atoms with van der Waals surface area (Å²) in [6.07, 6.45) is 2.39. The number of phenolic OH excluding ortho intramolecular Hbond substituents is 1. The average Bonchev–Trinajstić information content (AvgIpc) is 3.27. The number of carbonyl (C=O) groups excluding carboxylic acids is 2. The third-order valence-electron chi connectivity index (χ3n) is 5.99. The van der Waals surface area contributed by atoms with E-state index in [-0.39, 0.29) is 22.8 Å². The largest absolute Gasteiger partial charge is 0.505 e. The Bertz CT molecular complexity index is 1290. The Morgan fingerprint density at radius 2 is 1.97 bits per heavy atom. The van der Waals surface area contributed by atoms with Crippen LogP contribution in [0.3, 0.4) is 0 Å². The second-order valence-corrected chi connectivity index (χ2v) is 8.56. The number of phenols is 1. The zero-order chi connectivity index (χ0) is 24.6. The molecule has 0 aliphatic carbocycles. The molecule has 3 heterocycles. The van der Waals surface area contributed by atoms with Crippen LogP contribution in [0.2, 0.25) is 0 Å². The Morgan fingerprint density at radius 3 is 2.68 bits per heavy atom. The molecule has 0 spiro atoms. The molecule has 1 atom stereocenters. The van der Waals surface area contributed by atoms with Crippen LogP contribution in [0.4, 0.5) is 0 Å². The van der Waals surface area contributed by atoms with Crippen molar-refractivity contribution in [2.24, 2.45) is 0 Å². The number of fused-ring (bicyclic) bond motifs is 1. The highest BCUT2D eigenvalue weighted by atomic mass is 16.5. The van der Waals surface area contributed by atoms with Crippen molar-refractivity contribution in [3.63, 3.8) is 0 Å². The van der Waals surface area contributed by atoms with Crippen molar-refractivity contribution in [1.82, 2.24) is 19.2 Å². The number of ether oxygens (including phenoxy) is 1. The molecule has 1 aliphatic heterocycles. The second kappa shape index (κ2) is 9.18. The molecule has 2 aromatic heterocycles. The third kappa shape index (κ3) is 3.99. The number of amides is 1. The number of ketones is 1. The molecule has 9 heteroatoms. The van der Waals surface area contributed by atoms with Gasteiger partial charge in [-0.1, -0.05) is 12.1 Å². The smallest absolute Gasteiger partial charge is 0.295 e. The maximum atomic E-state index is 13.3. The fourth-order valence-electron chi connectivity index (χ4n) is 4.41. The van der Waals surface area contributed by atoms with Gasteiger partial charge in [-0.2, -0.15) is 0 Å². The number of hydrogen-bond acceptors (Lipinski definition) is 7. The summed E-state index contributed by atoms with van der Waals surface area (Å²) in [6, 6.07) is 9.25. The van der Waals surface area contributed by atoms with Crippen molar-refractivity contribution < 1.29 is 24.5 Å². The predicted molar refractivity (Wildman–Crippen MR) is 127 cm³/mol. The first kappa shape index (κ1) is 23.3. The van der Waals surface area contributed by atoms with Crippen molar-refractivity contribution >= 4 is 23.1 Å². The number of rotatable bonds is 7. The van der Waals surface area contributed by atoms with E-state index in [4.69, 9.17) is 4.74 Å². The zero-order valence-electron chi connectivity index (χ0n) is 19.6. The van der Waals surface area contributed by atoms with Gasteiger partial charge >= 0.3 is 0 Å². The van der Waals surface area contributed by atoms with Crippen molar-refractivity contribution in [3.05, 3.63) is 65.1 Å². The molecule has 1 aromatic carbocycles. The van der Waals surface area contributed by atoms with Crippen molar-refractivity contribution in [2.45, 2.75) is 19.4 Å². The number of benzene rings is 1. The van der Waals surface area contributed by atoms with Gasteiger partial charge in [0, 0.05) is 12.7 Å². The molecule has 1 fully saturated rings. The van der Waals surface area contributed by atoms with Gasteiger partial charge in [-0.3, -0.25) is 14.0 Å². The van der Waals surface area contributed by atoms with Gasteiger partial charge in [-0.25, -0.2) is 4.98 Å². The monoisotopic (exact) mass is 464 g/mol. The number of aromatic hydroxyl groups is 1. The molecule has 3 aromatic rings. The maximum absolute atomic E-state index is 13.3. The minimum Gasteiger partial charge on any atom is -0.505 e. The zero-order valence-corrected chi connectivity index (χ0v) is 19.6. The molecule has 1 aliphatic rings. The molecule has 0 radical (unpaired) electrons. The normalized spacial score (nSPS) is 17.8. The fourth-order valence-corrected chi connectivity index (χ4v) is 4.41. The quantitative estimate of drug-likeness (QED) is 0.314. The van der Waals surface area contributed by atoms with Gasteiger partial charge in [0.25, 0.3) is 11.7 Å². The van der Waals surface area contributed by atoms with Gasteiger partial charge in [-0.05, 0) is 63.8 Å². The number of aryl methyl sites for hydroxylation is 1. The number of carbonyl (C=O) groups is 2. The summed E-state index contributed by atoms with van der Waals surface area (Å²) in [4.78, 5) is 34.4. The minimum atomic E-state index is -0.842. The van der Waals surface area contributed by atoms with Crippen LogP contribution in [0.5, 0.6) is 11.5 Å². The van der Waals surface area contributed by atoms with Crippen LogP contribution in [0.15, 0.2) is 48.2 Å². The van der Waals surface area contributed by atoms with Gasteiger partial charge in [0.15, 0.2) is 17.3 Å². The van der Waals surface area contributed by atoms with E-state index in [1.165, 1.54) is 18.1 Å². The molecule has 2 N–H and O–H groups in total. The molecule has 1 unspecified atom stereocenters. The van der Waals surface area contributed by atoms with E-state index in [0.29, 0.717) is 35.6 Å². The summed E-state index contributed by atoms with van der Waals surface area (Å²) >= 11 is 0. The molecule has 1 amide bonds. The highest BCUT2D eigenvalue weighted by Gasteiger charge is 2.46. The molecule has 34 heavy (non-hydrogen) atoms. The van der Waals surface area contributed by atoms with Crippen LogP contribution in [-0.4, -0.2) is 75.4 Å². The number of aromatic nitrogens is 2. The first-order chi connectivity index (χ1) is 16.2. The standard InChI is InChI=1S/C25H28N4O5/c1-15-21(28-12-6-5-8-19(28)26-15)23(31)20-22(16-9-10-17(30)18(14-16)34-4)29(25(33)24(20)32)13-7-11-27(2)3/h5-6,8-10,12,14,22,30-31H,7,11,13H2,1-4H3/b23-20+. The van der Waals surface area contributed by atoms with Crippen LogP contribution >= 0.6 is 0 Å². The first-order valence-corrected chi connectivity index (χ1v) is 11.0. The van der Waals surface area contributed by atoms with Crippen LogP contribution < -0.4 is 4.74 Å². The predicted octanol–water partition coefficient (Wildman–Crippen LogP) is 2.73. The van der Waals surface area contributed by atoms with Crippen LogP contribution in [0.1, 0.15) is 29.4 Å². The number of likely N-dealkylation sites (tertiary alicyclic amines) is 1. The average molecular weight is 465 g/mol. The van der Waals surface area contributed by atoms with E-state index < -0.39 is 17.7 Å². The van der Waals surface area contributed by atoms with E-state index in [9.17, 15) is 19.8 Å². The molecule has 1 saturated heterocycles. The number of nitrogens with zero attached hydrogens (tertiary/aromatic N) is 4. The summed E-state index contributed by atoms with van der Waals surface area (Å²) in [5.74, 6) is -1.58. The van der Waals surface area contributed by atoms with Gasteiger partial charge < -0.3 is 24.7 Å². The van der Waals surface area contributed by atoms with Crippen LogP contribution in [0.25, 0.3) is 11.4 Å². The molecule has 9 nitrogen and oxygen atoms in total. The van der Waals surface area contributed by atoms with Crippen LogP contribution in [0, 0.1) is 6.92 Å². The van der Waals surface area contributed by atoms with Crippen LogP contribution in [-0.2, 0) is 9.59 Å². The number of pyridine rings is 1. The SMILES string of the molecule is COc1cc(C2/C(=C(\O)c3c(C)nc4ccccn34)C(=O)C(=O)N2CCCN(C)C)ccc1O. The lowest BCUT2D eigenvalue weighted by Gasteiger charge is -2.26.